The van der Waals surface area contributed by atoms with Crippen LogP contribution in [0.15, 0.2) is 17.1 Å². The highest BCUT2D eigenvalue weighted by Gasteiger charge is 2.59. The Bertz CT molecular complexity index is 1160. The zero-order valence-electron chi connectivity index (χ0n) is 17.6. The molecule has 5 aliphatic rings. The van der Waals surface area contributed by atoms with E-state index in [1.165, 1.54) is 6.20 Å². The molecule has 2 amide bonds. The molecule has 4 saturated carbocycles. The molecule has 3 N–H and O–H groups in total. The minimum absolute atomic E-state index is 0.148. The summed E-state index contributed by atoms with van der Waals surface area (Å²) in [7, 11) is 0. The number of rotatable bonds is 3. The Kier molecular flexibility index (Phi) is 4.38. The Morgan fingerprint density at radius 2 is 2.00 bits per heavy atom. The number of pyridine rings is 1. The third-order valence-electron chi connectivity index (χ3n) is 8.25. The zero-order chi connectivity index (χ0) is 22.2. The minimum Gasteiger partial charge on any atom is -0.446 e. The molecule has 3 atom stereocenters. The van der Waals surface area contributed by atoms with Gasteiger partial charge in [0, 0.05) is 19.3 Å². The van der Waals surface area contributed by atoms with Crippen LogP contribution >= 0.6 is 11.6 Å². The Hall–Kier alpha value is -2.55. The number of H-pyrrole nitrogens is 1. The number of nitrogens with one attached hydrogen (secondary N) is 1. The maximum atomic E-state index is 13.0. The molecule has 2 aromatic heterocycles. The van der Waals surface area contributed by atoms with Gasteiger partial charge in [0.25, 0.3) is 0 Å². The molecular formula is C22H26ClN5O4. The summed E-state index contributed by atoms with van der Waals surface area (Å²) in [5, 5.41) is 0.455. The molecule has 4 bridgehead atoms. The molecular weight excluding hydrogens is 434 g/mol. The standard InChI is InChI=1S/C22H26ClN5O4/c23-14-5-16-18(25-9-14)28(20(30)26-16)15-1-2-27(10-15)21(31)32-17-12-3-11-4-13(17)8-22(6-11,7-12)19(24)29/h5,9,11-13,15,17H,1-4,6-8,10H2,(H2,24,29)(H,26,30)/t11?,12?,13?,15-,17-,22-/m1/s1. The van der Waals surface area contributed by atoms with Crippen LogP contribution in [-0.4, -0.2) is 50.6 Å². The smallest absolute Gasteiger partial charge is 0.410 e. The van der Waals surface area contributed by atoms with Gasteiger partial charge in [0.05, 0.1) is 22.0 Å². The summed E-state index contributed by atoms with van der Waals surface area (Å²) in [5.41, 5.74) is 6.23. The van der Waals surface area contributed by atoms with E-state index in [1.807, 2.05) is 0 Å². The lowest BCUT2D eigenvalue weighted by atomic mass is 9.48. The van der Waals surface area contributed by atoms with Crippen LogP contribution in [0.4, 0.5) is 4.79 Å². The third-order valence-corrected chi connectivity index (χ3v) is 8.46. The van der Waals surface area contributed by atoms with Gasteiger partial charge in [0.15, 0.2) is 5.65 Å². The van der Waals surface area contributed by atoms with Gasteiger partial charge in [-0.2, -0.15) is 0 Å². The second-order valence-corrected chi connectivity index (χ2v) is 10.6. The number of ether oxygens (including phenoxy) is 1. The normalized spacial score (nSPS) is 35.5. The van der Waals surface area contributed by atoms with E-state index in [-0.39, 0.29) is 41.7 Å². The first-order valence-electron chi connectivity index (χ1n) is 11.3. The fraction of sp³-hybridized carbons (Fsp3) is 0.636. The number of carbonyl (C=O) groups excluding carboxylic acids is 2. The van der Waals surface area contributed by atoms with Crippen LogP contribution in [0, 0.1) is 23.2 Å². The molecule has 0 radical (unpaired) electrons. The lowest BCUT2D eigenvalue weighted by molar-refractivity contribution is -0.161. The van der Waals surface area contributed by atoms with Crippen molar-refractivity contribution >= 4 is 34.8 Å². The van der Waals surface area contributed by atoms with Crippen molar-refractivity contribution in [2.75, 3.05) is 13.1 Å². The van der Waals surface area contributed by atoms with Crippen molar-refractivity contribution in [3.05, 3.63) is 27.8 Å². The minimum atomic E-state index is -0.398. The molecule has 10 heteroatoms. The van der Waals surface area contributed by atoms with Crippen LogP contribution in [0.25, 0.3) is 11.2 Å². The quantitative estimate of drug-likeness (QED) is 0.729. The van der Waals surface area contributed by atoms with Crippen molar-refractivity contribution in [1.82, 2.24) is 19.4 Å². The number of primary amides is 1. The van der Waals surface area contributed by atoms with E-state index >= 15 is 0 Å². The Morgan fingerprint density at radius 1 is 1.25 bits per heavy atom. The molecule has 3 heterocycles. The summed E-state index contributed by atoms with van der Waals surface area (Å²) in [4.78, 5) is 46.5. The summed E-state index contributed by atoms with van der Waals surface area (Å²) in [6.07, 6.45) is 6.05. The topological polar surface area (TPSA) is 123 Å². The number of hydrogen-bond donors (Lipinski definition) is 2. The molecule has 2 unspecified atom stereocenters. The zero-order valence-corrected chi connectivity index (χ0v) is 18.4. The Labute approximate surface area is 189 Å². The summed E-state index contributed by atoms with van der Waals surface area (Å²) in [6.45, 7) is 0.915. The van der Waals surface area contributed by atoms with E-state index in [0.29, 0.717) is 41.6 Å². The van der Waals surface area contributed by atoms with Gasteiger partial charge < -0.3 is 20.4 Å². The first kappa shape index (κ1) is 20.1. The summed E-state index contributed by atoms with van der Waals surface area (Å²) in [6, 6.07) is 1.50. The number of imidazole rings is 1. The Morgan fingerprint density at radius 3 is 2.72 bits per heavy atom. The van der Waals surface area contributed by atoms with E-state index < -0.39 is 5.41 Å². The maximum Gasteiger partial charge on any atom is 0.410 e. The second kappa shape index (κ2) is 6.97. The summed E-state index contributed by atoms with van der Waals surface area (Å²) >= 11 is 5.99. The third kappa shape index (κ3) is 2.97. The maximum absolute atomic E-state index is 13.0. The molecule has 170 valence electrons. The van der Waals surface area contributed by atoms with Gasteiger partial charge in [-0.3, -0.25) is 9.36 Å². The van der Waals surface area contributed by atoms with Gasteiger partial charge in [-0.25, -0.2) is 14.6 Å². The van der Waals surface area contributed by atoms with Crippen LogP contribution in [0.3, 0.4) is 0 Å². The van der Waals surface area contributed by atoms with Gasteiger partial charge in [-0.15, -0.1) is 0 Å². The van der Waals surface area contributed by atoms with Gasteiger partial charge in [0.1, 0.15) is 6.10 Å². The average molecular weight is 460 g/mol. The van der Waals surface area contributed by atoms with E-state index in [2.05, 4.69) is 9.97 Å². The van der Waals surface area contributed by atoms with E-state index in [9.17, 15) is 14.4 Å². The molecule has 0 aromatic carbocycles. The number of amides is 2. The number of fused-ring (bicyclic) bond motifs is 1. The van der Waals surface area contributed by atoms with Crippen LogP contribution in [0.1, 0.15) is 44.6 Å². The summed E-state index contributed by atoms with van der Waals surface area (Å²) in [5.74, 6) is 0.742. The van der Waals surface area contributed by atoms with Crippen molar-refractivity contribution < 1.29 is 14.3 Å². The van der Waals surface area contributed by atoms with Crippen LogP contribution in [-0.2, 0) is 9.53 Å². The van der Waals surface area contributed by atoms with Gasteiger partial charge in [-0.05, 0) is 62.3 Å². The number of aromatic nitrogens is 3. The molecule has 0 spiro atoms. The van der Waals surface area contributed by atoms with E-state index in [1.54, 1.807) is 15.5 Å². The van der Waals surface area contributed by atoms with Gasteiger partial charge in [-0.1, -0.05) is 11.6 Å². The van der Waals surface area contributed by atoms with E-state index in [0.717, 1.165) is 32.1 Å². The van der Waals surface area contributed by atoms with Crippen LogP contribution in [0.2, 0.25) is 5.02 Å². The molecule has 9 nitrogen and oxygen atoms in total. The molecule has 1 aliphatic heterocycles. The highest BCUT2D eigenvalue weighted by molar-refractivity contribution is 6.31. The second-order valence-electron chi connectivity index (χ2n) is 10.2. The lowest BCUT2D eigenvalue weighted by Gasteiger charge is -2.58. The van der Waals surface area contributed by atoms with Crippen molar-refractivity contribution in [2.45, 2.75) is 50.7 Å². The van der Waals surface area contributed by atoms with Crippen LogP contribution in [0.5, 0.6) is 0 Å². The van der Waals surface area contributed by atoms with E-state index in [4.69, 9.17) is 22.1 Å². The molecule has 7 rings (SSSR count). The molecule has 1 saturated heterocycles. The SMILES string of the molecule is NC(=O)[C@]12CC3CC(C1)[C@@H](OC(=O)N1CC[C@@H](n4c(=O)[nH]c5cc(Cl)cnc54)C1)C(C3)C2. The number of likely N-dealkylation sites (tertiary alicyclic amines) is 1. The number of halogens is 1. The predicted molar refractivity (Wildman–Crippen MR) is 116 cm³/mol. The Balaban J connectivity index is 1.16. The number of nitrogens with two attached hydrogens (primary N) is 1. The number of hydrogen-bond acceptors (Lipinski definition) is 5. The largest absolute Gasteiger partial charge is 0.446 e. The lowest BCUT2D eigenvalue weighted by Crippen LogP contribution is -2.59. The highest BCUT2D eigenvalue weighted by Crippen LogP contribution is 2.60. The predicted octanol–water partition coefficient (Wildman–Crippen LogP) is 2.44. The summed E-state index contributed by atoms with van der Waals surface area (Å²) < 4.78 is 7.65. The van der Waals surface area contributed by atoms with Crippen LogP contribution < -0.4 is 11.4 Å². The van der Waals surface area contributed by atoms with Crippen molar-refractivity contribution in [3.8, 4) is 0 Å². The molecule has 5 fully saturated rings. The number of carbonyl (C=O) groups is 2. The number of aromatic amines is 1. The first-order valence-corrected chi connectivity index (χ1v) is 11.7. The average Bonchev–Trinajstić information content (AvgIpc) is 3.33. The molecule has 2 aromatic rings. The monoisotopic (exact) mass is 459 g/mol. The fourth-order valence-corrected chi connectivity index (χ4v) is 7.27. The van der Waals surface area contributed by atoms with Gasteiger partial charge >= 0.3 is 11.8 Å². The first-order chi connectivity index (χ1) is 15.3. The highest BCUT2D eigenvalue weighted by atomic mass is 35.5. The molecule has 32 heavy (non-hydrogen) atoms. The van der Waals surface area contributed by atoms with Crippen molar-refractivity contribution in [2.24, 2.45) is 28.9 Å². The van der Waals surface area contributed by atoms with Crippen molar-refractivity contribution in [3.63, 3.8) is 0 Å². The fourth-order valence-electron chi connectivity index (χ4n) is 7.11. The molecule has 4 aliphatic carbocycles. The van der Waals surface area contributed by atoms with Crippen molar-refractivity contribution in [1.29, 1.82) is 0 Å². The number of nitrogens with zero attached hydrogens (tertiary/aromatic N) is 3. The van der Waals surface area contributed by atoms with Gasteiger partial charge in [0.2, 0.25) is 5.91 Å².